The number of quaternary nitrogens is 1. The highest BCUT2D eigenvalue weighted by Crippen LogP contribution is 2.23. The Bertz CT molecular complexity index is 1050. The van der Waals surface area contributed by atoms with Crippen LogP contribution in [0.15, 0.2) is 66.9 Å². The summed E-state index contributed by atoms with van der Waals surface area (Å²) < 4.78 is 14.5. The lowest BCUT2D eigenvalue weighted by atomic mass is 10.1. The molecule has 5 nitrogen and oxygen atoms in total. The lowest BCUT2D eigenvalue weighted by molar-refractivity contribution is -0.884. The van der Waals surface area contributed by atoms with E-state index >= 15 is 0 Å². The van der Waals surface area contributed by atoms with Crippen LogP contribution >= 0.6 is 11.8 Å². The Balaban J connectivity index is 1.69. The number of unbranched alkanes of at least 4 members (excludes halogenated alkanes) is 4. The number of carbonyl (C=O) groups is 1. The van der Waals surface area contributed by atoms with Crippen LogP contribution in [0, 0.1) is 0 Å². The first kappa shape index (κ1) is 31.8. The maximum absolute atomic E-state index is 12.5. The Morgan fingerprint density at radius 1 is 1.11 bits per heavy atom. The zero-order valence-electron chi connectivity index (χ0n) is 24.3. The number of aryl methyl sites for hydroxylation is 1. The molecule has 2 rings (SSSR count). The number of hydrogen-bond acceptors (Lipinski definition) is 4. The van der Waals surface area contributed by atoms with Gasteiger partial charge in [0, 0.05) is 23.6 Å². The van der Waals surface area contributed by atoms with Crippen LogP contribution in [0.4, 0.5) is 0 Å². The van der Waals surface area contributed by atoms with E-state index in [1.165, 1.54) is 17.3 Å². The van der Waals surface area contributed by atoms with Crippen molar-refractivity contribution >= 4 is 28.6 Å². The summed E-state index contributed by atoms with van der Waals surface area (Å²) in [4.78, 5) is 12.5. The summed E-state index contributed by atoms with van der Waals surface area (Å²) in [5, 5.41) is 1.20. The summed E-state index contributed by atoms with van der Waals surface area (Å²) in [5.41, 5.74) is 2.30. The minimum Gasteiger partial charge on any atom is -0.489 e. The average molecular weight is 542 g/mol. The highest BCUT2D eigenvalue weighted by molar-refractivity contribution is 7.99. The molecule has 0 aliphatic rings. The molecule has 1 unspecified atom stereocenters. The highest BCUT2D eigenvalue weighted by atomic mass is 32.2. The van der Waals surface area contributed by atoms with E-state index < -0.39 is 0 Å². The van der Waals surface area contributed by atoms with E-state index in [-0.39, 0.29) is 12.0 Å². The lowest BCUT2D eigenvalue weighted by Gasteiger charge is -2.32. The molecule has 0 aliphatic heterocycles. The van der Waals surface area contributed by atoms with Crippen molar-refractivity contribution in [2.75, 3.05) is 45.9 Å². The van der Waals surface area contributed by atoms with E-state index in [2.05, 4.69) is 82.7 Å². The molecule has 1 heterocycles. The van der Waals surface area contributed by atoms with Gasteiger partial charge in [0.05, 0.1) is 33.5 Å². The van der Waals surface area contributed by atoms with Crippen molar-refractivity contribution in [3.05, 3.63) is 66.9 Å². The number of carbonyl (C=O) groups excluding carboxylic acids is 1. The second kappa shape index (κ2) is 17.2. The quantitative estimate of drug-likeness (QED) is 0.0803. The molecule has 1 aromatic heterocycles. The Labute approximate surface area is 235 Å². The Kier molecular flexibility index (Phi) is 14.4. The molecule has 0 radical (unpaired) electrons. The fourth-order valence-electron chi connectivity index (χ4n) is 4.15. The molecule has 6 heteroatoms. The highest BCUT2D eigenvalue weighted by Gasteiger charge is 2.32. The number of benzene rings is 1. The monoisotopic (exact) mass is 541 g/mol. The van der Waals surface area contributed by atoms with E-state index in [1.54, 1.807) is 11.8 Å². The molecular weight excluding hydrogens is 492 g/mol. The topological polar surface area (TPSA) is 40.5 Å². The summed E-state index contributed by atoms with van der Waals surface area (Å²) in [6.07, 6.45) is 16.7. The van der Waals surface area contributed by atoms with Crippen molar-refractivity contribution in [2.45, 2.75) is 65.0 Å². The summed E-state index contributed by atoms with van der Waals surface area (Å²) in [5.74, 6) is 2.64. The lowest BCUT2D eigenvalue weighted by Crippen LogP contribution is -2.52. The van der Waals surface area contributed by atoms with Gasteiger partial charge >= 0.3 is 5.97 Å². The number of allylic oxidation sites excluding steroid dienone is 3. The molecule has 1 aromatic carbocycles. The number of rotatable bonds is 19. The first-order valence-electron chi connectivity index (χ1n) is 14.1. The summed E-state index contributed by atoms with van der Waals surface area (Å²) in [6, 6.07) is 8.36. The number of likely N-dealkylation sites (N-methyl/N-ethyl adjacent to an activating group) is 1. The second-order valence-corrected chi connectivity index (χ2v) is 11.8. The van der Waals surface area contributed by atoms with Crippen LogP contribution in [-0.2, 0) is 16.1 Å². The summed E-state index contributed by atoms with van der Waals surface area (Å²) in [6.45, 7) is 10.2. The van der Waals surface area contributed by atoms with Gasteiger partial charge in [0.1, 0.15) is 12.4 Å². The third kappa shape index (κ3) is 11.1. The normalized spacial score (nSPS) is 13.2. The fraction of sp³-hybridized carbons (Fsp3) is 0.531. The van der Waals surface area contributed by atoms with E-state index in [0.717, 1.165) is 61.5 Å². The molecule has 0 bridgehead atoms. The number of esters is 1. The van der Waals surface area contributed by atoms with E-state index in [4.69, 9.17) is 9.47 Å². The molecule has 2 aromatic rings. The van der Waals surface area contributed by atoms with Gasteiger partial charge in [-0.05, 0) is 54.9 Å². The molecule has 0 aliphatic carbocycles. The predicted octanol–water partition coefficient (Wildman–Crippen LogP) is 7.42. The Morgan fingerprint density at radius 3 is 2.58 bits per heavy atom. The molecule has 1 atom stereocenters. The van der Waals surface area contributed by atoms with Gasteiger partial charge in [0.25, 0.3) is 0 Å². The standard InChI is InChI=1S/C32H49N2O3S/c1-7-10-14-17-27(8-2)25-37-29-18-19-30-28(24-29)20-22-33(30)21-15-12-11-13-16-23-36-32(35)31(26-38-9-3)34(4,5)6/h8,10,14,17-20,22,24,31H,2,7,9,11-13,15-16,21,23,25-26H2,1,3-6H3/q+1/b14-10-,27-17+. The number of ether oxygens (including phenoxy) is 2. The van der Waals surface area contributed by atoms with Crippen molar-refractivity contribution in [1.29, 1.82) is 0 Å². The molecule has 0 N–H and O–H groups in total. The third-order valence-electron chi connectivity index (χ3n) is 6.57. The van der Waals surface area contributed by atoms with Crippen molar-refractivity contribution in [3.8, 4) is 5.75 Å². The zero-order valence-corrected chi connectivity index (χ0v) is 25.1. The number of nitrogens with zero attached hydrogens (tertiary/aromatic N) is 2. The van der Waals surface area contributed by atoms with Crippen LogP contribution < -0.4 is 4.74 Å². The predicted molar refractivity (Wildman–Crippen MR) is 164 cm³/mol. The van der Waals surface area contributed by atoms with Crippen LogP contribution in [0.3, 0.4) is 0 Å². The van der Waals surface area contributed by atoms with Crippen LogP contribution in [0.1, 0.15) is 52.4 Å². The Hall–Kier alpha value is -2.44. The molecular formula is C32H49N2O3S+. The van der Waals surface area contributed by atoms with Crippen molar-refractivity contribution in [3.63, 3.8) is 0 Å². The number of thioether (sulfide) groups is 1. The van der Waals surface area contributed by atoms with Gasteiger partial charge in [-0.15, -0.1) is 0 Å². The van der Waals surface area contributed by atoms with Gasteiger partial charge in [-0.1, -0.05) is 64.0 Å². The molecule has 0 fully saturated rings. The van der Waals surface area contributed by atoms with Gasteiger partial charge in [0.2, 0.25) is 0 Å². The van der Waals surface area contributed by atoms with Gasteiger partial charge in [-0.25, -0.2) is 4.79 Å². The molecule has 0 saturated carbocycles. The molecule has 0 amide bonds. The van der Waals surface area contributed by atoms with Crippen molar-refractivity contribution in [1.82, 2.24) is 4.57 Å². The largest absolute Gasteiger partial charge is 0.489 e. The molecule has 0 spiro atoms. The second-order valence-electron chi connectivity index (χ2n) is 10.5. The van der Waals surface area contributed by atoms with Crippen LogP contribution in [0.2, 0.25) is 0 Å². The van der Waals surface area contributed by atoms with E-state index in [0.29, 0.717) is 17.7 Å². The first-order chi connectivity index (χ1) is 18.3. The number of fused-ring (bicyclic) bond motifs is 1. The molecule has 0 saturated heterocycles. The van der Waals surface area contributed by atoms with Gasteiger partial charge in [-0.2, -0.15) is 11.8 Å². The van der Waals surface area contributed by atoms with Crippen molar-refractivity contribution in [2.24, 2.45) is 0 Å². The number of aromatic nitrogens is 1. The third-order valence-corrected chi connectivity index (χ3v) is 7.53. The smallest absolute Gasteiger partial charge is 0.365 e. The van der Waals surface area contributed by atoms with Crippen LogP contribution in [0.5, 0.6) is 5.75 Å². The maximum Gasteiger partial charge on any atom is 0.365 e. The van der Waals surface area contributed by atoms with E-state index in [9.17, 15) is 4.79 Å². The summed E-state index contributed by atoms with van der Waals surface area (Å²) >= 11 is 1.80. The van der Waals surface area contributed by atoms with Gasteiger partial charge in [-0.3, -0.25) is 0 Å². The van der Waals surface area contributed by atoms with Crippen molar-refractivity contribution < 1.29 is 18.8 Å². The summed E-state index contributed by atoms with van der Waals surface area (Å²) in [7, 11) is 6.19. The SMILES string of the molecule is C=C/C(=C\C=C/CC)COc1ccc2c(ccn2CCCCCCCOC(=O)C(CSCC)[N+](C)(C)C)c1. The minimum absolute atomic E-state index is 0.0618. The Morgan fingerprint density at radius 2 is 1.87 bits per heavy atom. The molecule has 38 heavy (non-hydrogen) atoms. The average Bonchev–Trinajstić information content (AvgIpc) is 3.29. The van der Waals surface area contributed by atoms with Crippen LogP contribution in [-0.4, -0.2) is 66.9 Å². The van der Waals surface area contributed by atoms with Gasteiger partial charge < -0.3 is 18.5 Å². The van der Waals surface area contributed by atoms with Gasteiger partial charge in [0.15, 0.2) is 6.04 Å². The molecule has 210 valence electrons. The fourth-order valence-corrected chi connectivity index (χ4v) is 5.20. The minimum atomic E-state index is -0.103. The number of hydrogen-bond donors (Lipinski definition) is 0. The maximum atomic E-state index is 12.5. The zero-order chi connectivity index (χ0) is 27.8. The van der Waals surface area contributed by atoms with Crippen LogP contribution in [0.25, 0.3) is 10.9 Å². The van der Waals surface area contributed by atoms with E-state index in [1.807, 2.05) is 18.2 Å². The first-order valence-corrected chi connectivity index (χ1v) is 15.2.